The third-order valence-corrected chi connectivity index (χ3v) is 5.70. The summed E-state index contributed by atoms with van der Waals surface area (Å²) < 4.78 is 0. The first-order valence-corrected chi connectivity index (χ1v) is 9.92. The number of nitrogens with one attached hydrogen (secondary N) is 2. The summed E-state index contributed by atoms with van der Waals surface area (Å²) in [6.07, 6.45) is 4.37. The number of fused-ring (bicyclic) bond motifs is 1. The SMILES string of the molecule is Cc1ccc(C(=O)NC(C(=O)Nc2nc3c(s2)CCCC3)C(C)C)cc1. The summed E-state index contributed by atoms with van der Waals surface area (Å²) in [4.78, 5) is 31.0. The van der Waals surface area contributed by atoms with E-state index < -0.39 is 6.04 Å². The third-order valence-electron chi connectivity index (χ3n) is 4.63. The van der Waals surface area contributed by atoms with Crippen molar-refractivity contribution in [2.45, 2.75) is 52.5 Å². The van der Waals surface area contributed by atoms with E-state index in [0.29, 0.717) is 10.7 Å². The van der Waals surface area contributed by atoms with Crippen molar-refractivity contribution >= 4 is 28.3 Å². The highest BCUT2D eigenvalue weighted by molar-refractivity contribution is 7.15. The smallest absolute Gasteiger partial charge is 0.251 e. The van der Waals surface area contributed by atoms with Gasteiger partial charge in [0.15, 0.2) is 5.13 Å². The lowest BCUT2D eigenvalue weighted by atomic mass is 10.0. The van der Waals surface area contributed by atoms with Gasteiger partial charge in [0.2, 0.25) is 5.91 Å². The Kier molecular flexibility index (Phi) is 5.71. The Hall–Kier alpha value is -2.21. The predicted octanol–water partition coefficient (Wildman–Crippen LogP) is 3.72. The maximum Gasteiger partial charge on any atom is 0.251 e. The Morgan fingerprint density at radius 3 is 2.46 bits per heavy atom. The first kappa shape index (κ1) is 18.6. The van der Waals surface area contributed by atoms with Crippen molar-refractivity contribution in [3.05, 3.63) is 46.0 Å². The average molecular weight is 372 g/mol. The van der Waals surface area contributed by atoms with Gasteiger partial charge in [-0.1, -0.05) is 31.5 Å². The van der Waals surface area contributed by atoms with Crippen molar-refractivity contribution in [3.63, 3.8) is 0 Å². The van der Waals surface area contributed by atoms with Crippen LogP contribution in [0.3, 0.4) is 0 Å². The van der Waals surface area contributed by atoms with E-state index in [4.69, 9.17) is 0 Å². The molecule has 0 bridgehead atoms. The lowest BCUT2D eigenvalue weighted by molar-refractivity contribution is -0.118. The number of aryl methyl sites for hydroxylation is 3. The van der Waals surface area contributed by atoms with Crippen LogP contribution >= 0.6 is 11.3 Å². The second kappa shape index (κ2) is 7.99. The molecule has 0 spiro atoms. The molecular weight excluding hydrogens is 346 g/mol. The zero-order valence-electron chi connectivity index (χ0n) is 15.5. The number of thiazole rings is 1. The minimum absolute atomic E-state index is 0.0287. The van der Waals surface area contributed by atoms with E-state index in [9.17, 15) is 9.59 Å². The number of nitrogens with zero attached hydrogens (tertiary/aromatic N) is 1. The van der Waals surface area contributed by atoms with Gasteiger partial charge in [0.25, 0.3) is 5.91 Å². The molecule has 0 aliphatic heterocycles. The molecule has 0 saturated carbocycles. The van der Waals surface area contributed by atoms with E-state index in [1.165, 1.54) is 11.3 Å². The highest BCUT2D eigenvalue weighted by atomic mass is 32.1. The number of rotatable bonds is 5. The zero-order chi connectivity index (χ0) is 18.7. The van der Waals surface area contributed by atoms with Gasteiger partial charge >= 0.3 is 0 Å². The molecule has 1 atom stereocenters. The van der Waals surface area contributed by atoms with Gasteiger partial charge in [-0.15, -0.1) is 11.3 Å². The maximum atomic E-state index is 12.7. The summed E-state index contributed by atoms with van der Waals surface area (Å²) in [6.45, 7) is 5.82. The fourth-order valence-corrected chi connectivity index (χ4v) is 4.11. The van der Waals surface area contributed by atoms with E-state index in [0.717, 1.165) is 30.5 Å². The number of aromatic nitrogens is 1. The van der Waals surface area contributed by atoms with Crippen LogP contribution in [0.2, 0.25) is 0 Å². The van der Waals surface area contributed by atoms with Gasteiger partial charge in [-0.05, 0) is 50.7 Å². The number of carbonyl (C=O) groups is 2. The predicted molar refractivity (Wildman–Crippen MR) is 105 cm³/mol. The van der Waals surface area contributed by atoms with E-state index in [-0.39, 0.29) is 17.7 Å². The van der Waals surface area contributed by atoms with Gasteiger partial charge in [0.05, 0.1) is 5.69 Å². The number of hydrogen-bond acceptors (Lipinski definition) is 4. The minimum Gasteiger partial charge on any atom is -0.340 e. The van der Waals surface area contributed by atoms with Crippen LogP contribution in [0, 0.1) is 12.8 Å². The molecule has 5 nitrogen and oxygen atoms in total. The Morgan fingerprint density at radius 2 is 1.81 bits per heavy atom. The molecule has 6 heteroatoms. The topological polar surface area (TPSA) is 71.1 Å². The van der Waals surface area contributed by atoms with Gasteiger partial charge in [0.1, 0.15) is 6.04 Å². The molecule has 1 aliphatic carbocycles. The summed E-state index contributed by atoms with van der Waals surface area (Å²) in [5, 5.41) is 6.40. The van der Waals surface area contributed by atoms with Crippen molar-refractivity contribution in [3.8, 4) is 0 Å². The first-order chi connectivity index (χ1) is 12.4. The molecule has 3 rings (SSSR count). The van der Waals surface area contributed by atoms with Crippen molar-refractivity contribution in [2.24, 2.45) is 5.92 Å². The molecule has 1 heterocycles. The normalized spacial score (nSPS) is 14.6. The minimum atomic E-state index is -0.607. The molecule has 138 valence electrons. The fraction of sp³-hybridized carbons (Fsp3) is 0.450. The summed E-state index contributed by atoms with van der Waals surface area (Å²) in [5.74, 6) is -0.483. The molecule has 1 aliphatic rings. The molecule has 1 aromatic carbocycles. The highest BCUT2D eigenvalue weighted by Crippen LogP contribution is 2.29. The monoisotopic (exact) mass is 371 g/mol. The summed E-state index contributed by atoms with van der Waals surface area (Å²) in [5.41, 5.74) is 2.76. The number of amides is 2. The molecule has 2 amide bonds. The second-order valence-electron chi connectivity index (χ2n) is 7.15. The van der Waals surface area contributed by atoms with Gasteiger partial charge < -0.3 is 10.6 Å². The molecule has 2 N–H and O–H groups in total. The first-order valence-electron chi connectivity index (χ1n) is 9.11. The number of benzene rings is 1. The van der Waals surface area contributed by atoms with Crippen LogP contribution in [0.4, 0.5) is 5.13 Å². The molecule has 0 fully saturated rings. The fourth-order valence-electron chi connectivity index (χ4n) is 3.05. The molecule has 0 radical (unpaired) electrons. The van der Waals surface area contributed by atoms with E-state index in [2.05, 4.69) is 15.6 Å². The van der Waals surface area contributed by atoms with Gasteiger partial charge in [-0.3, -0.25) is 9.59 Å². The Balaban J connectivity index is 1.68. The standard InChI is InChI=1S/C20H25N3O2S/c1-12(2)17(22-18(24)14-10-8-13(3)9-11-14)19(25)23-20-21-15-6-4-5-7-16(15)26-20/h8-12,17H,4-7H2,1-3H3,(H,22,24)(H,21,23,25). The Morgan fingerprint density at radius 1 is 1.12 bits per heavy atom. The molecular formula is C20H25N3O2S. The van der Waals surface area contributed by atoms with Gasteiger partial charge in [-0.25, -0.2) is 4.98 Å². The van der Waals surface area contributed by atoms with Gasteiger partial charge in [0, 0.05) is 10.4 Å². The van der Waals surface area contributed by atoms with Crippen molar-refractivity contribution in [1.29, 1.82) is 0 Å². The second-order valence-corrected chi connectivity index (χ2v) is 8.23. The summed E-state index contributed by atoms with van der Waals surface area (Å²) in [6, 6.07) is 6.72. The lowest BCUT2D eigenvalue weighted by Gasteiger charge is -2.21. The molecule has 1 unspecified atom stereocenters. The van der Waals surface area contributed by atoms with Crippen LogP contribution in [0.15, 0.2) is 24.3 Å². The van der Waals surface area contributed by atoms with Crippen LogP contribution in [-0.4, -0.2) is 22.8 Å². The average Bonchev–Trinajstić information content (AvgIpc) is 3.01. The van der Waals surface area contributed by atoms with E-state index >= 15 is 0 Å². The van der Waals surface area contributed by atoms with Crippen LogP contribution < -0.4 is 10.6 Å². The van der Waals surface area contributed by atoms with Crippen LogP contribution in [0.1, 0.15) is 53.2 Å². The van der Waals surface area contributed by atoms with Crippen molar-refractivity contribution < 1.29 is 9.59 Å². The number of hydrogen-bond donors (Lipinski definition) is 2. The van der Waals surface area contributed by atoms with Crippen LogP contribution in [0.25, 0.3) is 0 Å². The summed E-state index contributed by atoms with van der Waals surface area (Å²) >= 11 is 1.55. The Bertz CT molecular complexity index is 772. The van der Waals surface area contributed by atoms with Crippen LogP contribution in [0.5, 0.6) is 0 Å². The zero-order valence-corrected chi connectivity index (χ0v) is 16.3. The largest absolute Gasteiger partial charge is 0.340 e. The van der Waals surface area contributed by atoms with Gasteiger partial charge in [-0.2, -0.15) is 0 Å². The van der Waals surface area contributed by atoms with E-state index in [1.54, 1.807) is 23.5 Å². The number of carbonyl (C=O) groups excluding carboxylic acids is 2. The highest BCUT2D eigenvalue weighted by Gasteiger charge is 2.26. The third kappa shape index (κ3) is 4.30. The molecule has 2 aromatic rings. The van der Waals surface area contributed by atoms with Crippen molar-refractivity contribution in [2.75, 3.05) is 5.32 Å². The molecule has 0 saturated heterocycles. The van der Waals surface area contributed by atoms with Crippen molar-refractivity contribution in [1.82, 2.24) is 10.3 Å². The molecule has 1 aromatic heterocycles. The van der Waals surface area contributed by atoms with Crippen LogP contribution in [-0.2, 0) is 17.6 Å². The molecule has 26 heavy (non-hydrogen) atoms. The maximum absolute atomic E-state index is 12.7. The van der Waals surface area contributed by atoms with E-state index in [1.807, 2.05) is 32.9 Å². The summed E-state index contributed by atoms with van der Waals surface area (Å²) in [7, 11) is 0. The quantitative estimate of drug-likeness (QED) is 0.841. The lowest BCUT2D eigenvalue weighted by Crippen LogP contribution is -2.47. The number of anilines is 1. The Labute approximate surface area is 158 Å².